The molecule has 0 amide bonds. The smallest absolute Gasteiger partial charge is 0.253 e. The van der Waals surface area contributed by atoms with Crippen molar-refractivity contribution >= 4 is 33.9 Å². The highest BCUT2D eigenvalue weighted by atomic mass is 32.1. The van der Waals surface area contributed by atoms with Crippen LogP contribution in [0.3, 0.4) is 0 Å². The van der Waals surface area contributed by atoms with Crippen LogP contribution < -0.4 is 15.6 Å². The molecule has 0 spiro atoms. The Morgan fingerprint density at radius 3 is 2.55 bits per heavy atom. The number of nitrogens with one attached hydrogen (secondary N) is 2. The average molecular weight is 440 g/mol. The molecule has 0 aliphatic heterocycles. The second-order valence-corrected chi connectivity index (χ2v) is 7.92. The number of thiocarbonyl (C=S) groups is 1. The lowest BCUT2D eigenvalue weighted by molar-refractivity contribution is 0.265. The van der Waals surface area contributed by atoms with Gasteiger partial charge in [0, 0.05) is 29.9 Å². The summed E-state index contributed by atoms with van der Waals surface area (Å²) in [6.07, 6.45) is 0.550. The normalized spacial score (nSPS) is 10.8. The number of aliphatic hydroxyl groups is 1. The Morgan fingerprint density at radius 2 is 1.87 bits per heavy atom. The first-order valence-corrected chi connectivity index (χ1v) is 10.8. The zero-order valence-electron chi connectivity index (χ0n) is 18.2. The summed E-state index contributed by atoms with van der Waals surface area (Å²) in [4.78, 5) is 17.6. The molecule has 0 saturated carbocycles. The van der Waals surface area contributed by atoms with Gasteiger partial charge in [-0.25, -0.2) is 0 Å². The van der Waals surface area contributed by atoms with Crippen molar-refractivity contribution in [3.8, 4) is 5.75 Å². The highest BCUT2D eigenvalue weighted by Gasteiger charge is 2.14. The van der Waals surface area contributed by atoms with Crippen LogP contribution in [0.15, 0.2) is 47.3 Å². The number of nitrogens with zero attached hydrogens (tertiary/aromatic N) is 1. The Balaban J connectivity index is 1.81. The lowest BCUT2D eigenvalue weighted by Crippen LogP contribution is -2.37. The quantitative estimate of drug-likeness (QED) is 0.458. The van der Waals surface area contributed by atoms with Gasteiger partial charge in [-0.15, -0.1) is 0 Å². The van der Waals surface area contributed by atoms with Gasteiger partial charge in [-0.05, 0) is 98.4 Å². The van der Waals surface area contributed by atoms with E-state index in [0.717, 1.165) is 27.9 Å². The molecule has 0 bridgehead atoms. The molecule has 0 atom stereocenters. The minimum absolute atomic E-state index is 0.0503. The third-order valence-corrected chi connectivity index (χ3v) is 5.55. The highest BCUT2D eigenvalue weighted by molar-refractivity contribution is 7.80. The number of aromatic amines is 1. The van der Waals surface area contributed by atoms with Crippen LogP contribution in [0.1, 0.15) is 30.0 Å². The van der Waals surface area contributed by atoms with Crippen molar-refractivity contribution < 1.29 is 9.84 Å². The molecule has 3 aromatic rings. The highest BCUT2D eigenvalue weighted by Crippen LogP contribution is 2.19. The average Bonchev–Trinajstić information content (AvgIpc) is 2.74. The van der Waals surface area contributed by atoms with Gasteiger partial charge in [-0.1, -0.05) is 0 Å². The molecule has 0 unspecified atom stereocenters. The van der Waals surface area contributed by atoms with Gasteiger partial charge in [-0.2, -0.15) is 0 Å². The van der Waals surface area contributed by atoms with E-state index in [0.29, 0.717) is 36.8 Å². The summed E-state index contributed by atoms with van der Waals surface area (Å²) >= 11 is 5.62. The molecule has 1 heterocycles. The number of pyridine rings is 1. The van der Waals surface area contributed by atoms with E-state index in [1.807, 2.05) is 55.1 Å². The van der Waals surface area contributed by atoms with Crippen LogP contribution in [0, 0.1) is 13.8 Å². The number of rotatable bonds is 8. The second-order valence-electron chi connectivity index (χ2n) is 7.53. The van der Waals surface area contributed by atoms with E-state index in [9.17, 15) is 9.90 Å². The Morgan fingerprint density at radius 1 is 1.16 bits per heavy atom. The van der Waals surface area contributed by atoms with Crippen LogP contribution in [0.5, 0.6) is 5.75 Å². The lowest BCUT2D eigenvalue weighted by Gasteiger charge is -2.25. The maximum absolute atomic E-state index is 12.7. The predicted octanol–water partition coefficient (Wildman–Crippen LogP) is 4.13. The van der Waals surface area contributed by atoms with Gasteiger partial charge >= 0.3 is 0 Å². The summed E-state index contributed by atoms with van der Waals surface area (Å²) in [5.74, 6) is 0.796. The van der Waals surface area contributed by atoms with Crippen LogP contribution >= 0.6 is 12.2 Å². The Bertz CT molecular complexity index is 1110. The maximum Gasteiger partial charge on any atom is 0.253 e. The molecule has 0 aliphatic carbocycles. The van der Waals surface area contributed by atoms with Gasteiger partial charge in [0.2, 0.25) is 0 Å². The SMILES string of the molecule is CCOc1ccc(NC(=S)N(CCCO)Cc2cc3cc(C)c(C)cc3[nH]c2=O)cc1. The van der Waals surface area contributed by atoms with Gasteiger partial charge in [-0.3, -0.25) is 4.79 Å². The van der Waals surface area contributed by atoms with Crippen LogP contribution in [0.2, 0.25) is 0 Å². The number of aryl methyl sites for hydroxylation is 2. The fraction of sp³-hybridized carbons (Fsp3) is 0.333. The first-order valence-electron chi connectivity index (χ1n) is 10.4. The number of ether oxygens (including phenoxy) is 1. The largest absolute Gasteiger partial charge is 0.494 e. The molecule has 3 N–H and O–H groups in total. The zero-order valence-corrected chi connectivity index (χ0v) is 19.0. The molecule has 6 nitrogen and oxygen atoms in total. The van der Waals surface area contributed by atoms with Crippen molar-refractivity contribution in [2.24, 2.45) is 0 Å². The topological polar surface area (TPSA) is 77.6 Å². The minimum atomic E-state index is -0.131. The lowest BCUT2D eigenvalue weighted by atomic mass is 10.0. The minimum Gasteiger partial charge on any atom is -0.494 e. The second kappa shape index (κ2) is 10.4. The number of anilines is 1. The van der Waals surface area contributed by atoms with Gasteiger partial charge in [0.1, 0.15) is 5.75 Å². The molecule has 2 aromatic carbocycles. The van der Waals surface area contributed by atoms with Crippen molar-refractivity contribution in [3.05, 3.63) is 69.5 Å². The number of aromatic nitrogens is 1. The molecule has 0 aliphatic rings. The van der Waals surface area contributed by atoms with Gasteiger partial charge in [0.15, 0.2) is 5.11 Å². The van der Waals surface area contributed by atoms with E-state index in [4.69, 9.17) is 17.0 Å². The number of hydrogen-bond acceptors (Lipinski definition) is 4. The van der Waals surface area contributed by atoms with Crippen molar-refractivity contribution in [3.63, 3.8) is 0 Å². The van der Waals surface area contributed by atoms with Crippen LogP contribution in [0.25, 0.3) is 10.9 Å². The number of hydrogen-bond donors (Lipinski definition) is 3. The molecule has 31 heavy (non-hydrogen) atoms. The van der Waals surface area contributed by atoms with Crippen LogP contribution in [-0.4, -0.2) is 39.9 Å². The van der Waals surface area contributed by atoms with E-state index in [2.05, 4.69) is 23.3 Å². The molecule has 7 heteroatoms. The maximum atomic E-state index is 12.7. The summed E-state index contributed by atoms with van der Waals surface area (Å²) < 4.78 is 5.47. The molecular formula is C24H29N3O3S. The molecule has 0 radical (unpaired) electrons. The number of fused-ring (bicyclic) bond motifs is 1. The van der Waals surface area contributed by atoms with Gasteiger partial charge < -0.3 is 25.0 Å². The van der Waals surface area contributed by atoms with Crippen molar-refractivity contribution in [2.45, 2.75) is 33.7 Å². The van der Waals surface area contributed by atoms with Gasteiger partial charge in [0.25, 0.3) is 5.56 Å². The predicted molar refractivity (Wildman–Crippen MR) is 130 cm³/mol. The first-order chi connectivity index (χ1) is 14.9. The first kappa shape index (κ1) is 22.8. The summed E-state index contributed by atoms with van der Waals surface area (Å²) in [6, 6.07) is 13.6. The molecule has 164 valence electrons. The fourth-order valence-electron chi connectivity index (χ4n) is 3.36. The third kappa shape index (κ3) is 5.83. The van der Waals surface area contributed by atoms with E-state index < -0.39 is 0 Å². The van der Waals surface area contributed by atoms with Crippen molar-refractivity contribution in [2.75, 3.05) is 25.1 Å². The molecular weight excluding hydrogens is 410 g/mol. The molecule has 0 fully saturated rings. The van der Waals surface area contributed by atoms with E-state index in [1.54, 1.807) is 0 Å². The van der Waals surface area contributed by atoms with Gasteiger partial charge in [0.05, 0.1) is 13.2 Å². The monoisotopic (exact) mass is 439 g/mol. The Labute approximate surface area is 187 Å². The zero-order chi connectivity index (χ0) is 22.4. The standard InChI is InChI=1S/C24H29N3O3S/c1-4-30-21-8-6-20(7-9-21)25-24(31)27(10-5-11-28)15-19-14-18-12-16(2)17(3)13-22(18)26-23(19)29/h6-9,12-14,28H,4-5,10-11,15H2,1-3H3,(H,25,31)(H,26,29). The van der Waals surface area contributed by atoms with Crippen molar-refractivity contribution in [1.82, 2.24) is 9.88 Å². The third-order valence-electron chi connectivity index (χ3n) is 5.19. The summed E-state index contributed by atoms with van der Waals surface area (Å²) in [7, 11) is 0. The Hall–Kier alpha value is -2.90. The molecule has 3 rings (SSSR count). The van der Waals surface area contributed by atoms with Crippen LogP contribution in [0.4, 0.5) is 5.69 Å². The summed E-state index contributed by atoms with van der Waals surface area (Å²) in [5, 5.41) is 14.0. The van der Waals surface area contributed by atoms with Crippen molar-refractivity contribution in [1.29, 1.82) is 0 Å². The van der Waals surface area contributed by atoms with E-state index >= 15 is 0 Å². The fourth-order valence-corrected chi connectivity index (χ4v) is 3.64. The molecule has 1 aromatic heterocycles. The van der Waals surface area contributed by atoms with Crippen LogP contribution in [-0.2, 0) is 6.54 Å². The number of benzene rings is 2. The number of aliphatic hydroxyl groups excluding tert-OH is 1. The summed E-state index contributed by atoms with van der Waals surface area (Å²) in [5.41, 5.74) is 4.48. The van der Waals surface area contributed by atoms with E-state index in [-0.39, 0.29) is 12.2 Å². The van der Waals surface area contributed by atoms with E-state index in [1.165, 1.54) is 5.56 Å². The Kier molecular flexibility index (Phi) is 7.65. The summed E-state index contributed by atoms with van der Waals surface area (Å²) in [6.45, 7) is 7.57. The molecule has 0 saturated heterocycles. The number of H-pyrrole nitrogens is 1.